The maximum absolute atomic E-state index is 5.30. The van der Waals surface area contributed by atoms with Crippen LogP contribution in [-0.2, 0) is 0 Å². The minimum absolute atomic E-state index is 0.443. The van der Waals surface area contributed by atoms with E-state index in [-0.39, 0.29) is 0 Å². The Labute approximate surface area is 360 Å². The fourth-order valence-corrected chi connectivity index (χ4v) is 9.33. The molecule has 1 aliphatic heterocycles. The van der Waals surface area contributed by atoms with Crippen molar-refractivity contribution in [2.24, 2.45) is 4.99 Å². The standard InChI is InChI=1S/C58H39N4/c1-3-12-39(13-4-1)41-22-24-43(25-23-41)44-16-11-17-47(36-44)53-34-35-59-58(60-53)62-55-21-10-8-19-50(55)52-38-46(29-33-57(52)62)45-28-32-56-51(37-45)49-18-7-9-20-54(49)61(56)48-30-26-42(27-31-48)40-14-5-2-6-15-40/h1-38,58H/q-1. The molecule has 1 aliphatic rings. The molecule has 1 unspecified atom stereocenters. The van der Waals surface area contributed by atoms with Crippen molar-refractivity contribution in [1.82, 2.24) is 9.13 Å². The number of aromatic nitrogens is 2. The lowest BCUT2D eigenvalue weighted by Gasteiger charge is -2.33. The number of aliphatic imine (C=N–C) groups is 1. The van der Waals surface area contributed by atoms with Crippen LogP contribution in [0.3, 0.4) is 0 Å². The summed E-state index contributed by atoms with van der Waals surface area (Å²) in [6.45, 7) is 0. The Morgan fingerprint density at radius 3 is 1.45 bits per heavy atom. The molecule has 4 heteroatoms. The highest BCUT2D eigenvalue weighted by atomic mass is 15.3. The minimum Gasteiger partial charge on any atom is -0.652 e. The molecule has 4 nitrogen and oxygen atoms in total. The first kappa shape index (κ1) is 35.7. The number of hydrogen-bond donors (Lipinski definition) is 0. The van der Waals surface area contributed by atoms with E-state index in [1.165, 1.54) is 71.5 Å². The molecule has 3 heterocycles. The molecule has 0 saturated carbocycles. The van der Waals surface area contributed by atoms with Crippen molar-refractivity contribution in [2.75, 3.05) is 0 Å². The van der Waals surface area contributed by atoms with Crippen LogP contribution in [0.15, 0.2) is 236 Å². The second-order valence-corrected chi connectivity index (χ2v) is 16.0. The predicted octanol–water partition coefficient (Wildman–Crippen LogP) is 15.4. The van der Waals surface area contributed by atoms with Gasteiger partial charge in [-0.1, -0.05) is 170 Å². The van der Waals surface area contributed by atoms with Crippen molar-refractivity contribution in [1.29, 1.82) is 0 Å². The summed E-state index contributed by atoms with van der Waals surface area (Å²) in [6.07, 6.45) is 3.49. The van der Waals surface area contributed by atoms with Crippen LogP contribution in [0.2, 0.25) is 0 Å². The van der Waals surface area contributed by atoms with E-state index in [2.05, 4.69) is 228 Å². The van der Waals surface area contributed by atoms with Crippen LogP contribution < -0.4 is 0 Å². The summed E-state index contributed by atoms with van der Waals surface area (Å²) in [5.41, 5.74) is 17.2. The molecule has 0 amide bonds. The van der Waals surface area contributed by atoms with Crippen molar-refractivity contribution in [2.45, 2.75) is 6.29 Å². The SMILES string of the molecule is C1=CC(c2cccc(-c3ccc(-c4ccccc4)cc3)c2)=NC(n2c3ccccc3c3cc(-c4ccc5c(c4)c4ccccc4n5-c4ccc(-c5ccccc5)cc4)ccc32)[N-]1. The average molecular weight is 792 g/mol. The summed E-state index contributed by atoms with van der Waals surface area (Å²) >= 11 is 0. The zero-order valence-electron chi connectivity index (χ0n) is 33.8. The van der Waals surface area contributed by atoms with E-state index < -0.39 is 6.29 Å². The number of rotatable bonds is 7. The Bertz CT molecular complexity index is 3520. The topological polar surface area (TPSA) is 36.3 Å². The molecule has 62 heavy (non-hydrogen) atoms. The van der Waals surface area contributed by atoms with Gasteiger partial charge in [-0.15, -0.1) is 0 Å². The van der Waals surface area contributed by atoms with Gasteiger partial charge in [0.15, 0.2) is 0 Å². The quantitative estimate of drug-likeness (QED) is 0.154. The smallest absolute Gasteiger partial charge is 0.0635 e. The van der Waals surface area contributed by atoms with Crippen molar-refractivity contribution in [3.8, 4) is 50.2 Å². The van der Waals surface area contributed by atoms with Gasteiger partial charge in [-0.05, 0) is 99.1 Å². The van der Waals surface area contributed by atoms with E-state index in [0.29, 0.717) is 0 Å². The van der Waals surface area contributed by atoms with E-state index in [1.807, 2.05) is 12.3 Å². The molecular weight excluding hydrogens is 753 g/mol. The van der Waals surface area contributed by atoms with Crippen LogP contribution in [0.1, 0.15) is 11.9 Å². The molecule has 0 N–H and O–H groups in total. The summed E-state index contributed by atoms with van der Waals surface area (Å²) in [7, 11) is 0. The lowest BCUT2D eigenvalue weighted by molar-refractivity contribution is 0.654. The largest absolute Gasteiger partial charge is 0.652 e. The number of nitrogens with zero attached hydrogens (tertiary/aromatic N) is 4. The number of para-hydroxylation sites is 2. The third-order valence-electron chi connectivity index (χ3n) is 12.4. The second kappa shape index (κ2) is 14.8. The molecule has 292 valence electrons. The first-order valence-electron chi connectivity index (χ1n) is 21.2. The number of fused-ring (bicyclic) bond motifs is 6. The lowest BCUT2D eigenvalue weighted by Crippen LogP contribution is -2.11. The zero-order valence-corrected chi connectivity index (χ0v) is 33.8. The molecule has 0 radical (unpaired) electrons. The number of hydrogen-bond acceptors (Lipinski definition) is 1. The highest BCUT2D eigenvalue weighted by molar-refractivity contribution is 6.13. The molecule has 9 aromatic carbocycles. The number of allylic oxidation sites excluding steroid dienone is 1. The predicted molar refractivity (Wildman–Crippen MR) is 260 cm³/mol. The van der Waals surface area contributed by atoms with Crippen molar-refractivity contribution >= 4 is 49.3 Å². The molecule has 0 aliphatic carbocycles. The van der Waals surface area contributed by atoms with E-state index in [1.54, 1.807) is 0 Å². The van der Waals surface area contributed by atoms with Crippen LogP contribution in [-0.4, -0.2) is 14.8 Å². The van der Waals surface area contributed by atoms with Gasteiger partial charge in [0.1, 0.15) is 0 Å². The summed E-state index contributed by atoms with van der Waals surface area (Å²) in [4.78, 5) is 5.30. The van der Waals surface area contributed by atoms with Gasteiger partial charge in [0, 0.05) is 43.8 Å². The van der Waals surface area contributed by atoms with Crippen LogP contribution in [0.25, 0.3) is 99.1 Å². The Kier molecular flexibility index (Phi) is 8.53. The number of benzene rings is 9. The molecule has 0 spiro atoms. The molecule has 0 saturated heterocycles. The van der Waals surface area contributed by atoms with Crippen LogP contribution in [0, 0.1) is 0 Å². The van der Waals surface area contributed by atoms with Gasteiger partial charge < -0.3 is 14.5 Å². The second-order valence-electron chi connectivity index (χ2n) is 16.0. The normalized spacial score (nSPS) is 13.8. The first-order valence-corrected chi connectivity index (χ1v) is 21.2. The summed E-state index contributed by atoms with van der Waals surface area (Å²) in [5.74, 6) is 0. The molecule has 0 fully saturated rings. The molecule has 1 atom stereocenters. The van der Waals surface area contributed by atoms with Crippen molar-refractivity contribution in [3.63, 3.8) is 0 Å². The van der Waals surface area contributed by atoms with Gasteiger partial charge in [0.05, 0.1) is 23.0 Å². The highest BCUT2D eigenvalue weighted by Gasteiger charge is 2.18. The molecule has 11 aromatic rings. The summed E-state index contributed by atoms with van der Waals surface area (Å²) in [6, 6.07) is 78.5. The zero-order chi connectivity index (χ0) is 41.0. The van der Waals surface area contributed by atoms with Gasteiger partial charge in [-0.25, -0.2) is 0 Å². The Morgan fingerprint density at radius 2 is 0.774 bits per heavy atom. The molecule has 12 rings (SSSR count). The van der Waals surface area contributed by atoms with Crippen LogP contribution in [0.5, 0.6) is 0 Å². The van der Waals surface area contributed by atoms with Gasteiger partial charge >= 0.3 is 0 Å². The van der Waals surface area contributed by atoms with Gasteiger partial charge in [-0.2, -0.15) is 6.20 Å². The fraction of sp³-hybridized carbons (Fsp3) is 0.0172. The molecule has 2 aromatic heterocycles. The molecular formula is C58H39N4-. The van der Waals surface area contributed by atoms with E-state index in [9.17, 15) is 0 Å². The maximum atomic E-state index is 5.30. The monoisotopic (exact) mass is 791 g/mol. The Morgan fingerprint density at radius 1 is 0.339 bits per heavy atom. The maximum Gasteiger partial charge on any atom is 0.0635 e. The van der Waals surface area contributed by atoms with E-state index in [4.69, 9.17) is 10.3 Å². The van der Waals surface area contributed by atoms with Gasteiger partial charge in [-0.3, -0.25) is 4.99 Å². The Hall–Kier alpha value is -8.21. The third-order valence-corrected chi connectivity index (χ3v) is 12.4. The fourth-order valence-electron chi connectivity index (χ4n) is 9.33. The molecule has 0 bridgehead atoms. The summed E-state index contributed by atoms with van der Waals surface area (Å²) in [5, 5.41) is 9.79. The first-order chi connectivity index (χ1) is 30.7. The van der Waals surface area contributed by atoms with Crippen LogP contribution >= 0.6 is 0 Å². The van der Waals surface area contributed by atoms with Crippen molar-refractivity contribution in [3.05, 3.63) is 242 Å². The van der Waals surface area contributed by atoms with Gasteiger partial charge in [0.2, 0.25) is 0 Å². The average Bonchev–Trinajstić information content (AvgIpc) is 3.87. The van der Waals surface area contributed by atoms with Crippen LogP contribution in [0.4, 0.5) is 0 Å². The van der Waals surface area contributed by atoms with Gasteiger partial charge in [0.25, 0.3) is 0 Å². The van der Waals surface area contributed by atoms with E-state index >= 15 is 0 Å². The minimum atomic E-state index is -0.443. The Balaban J connectivity index is 0.896. The summed E-state index contributed by atoms with van der Waals surface area (Å²) < 4.78 is 4.67. The van der Waals surface area contributed by atoms with E-state index in [0.717, 1.165) is 33.6 Å². The van der Waals surface area contributed by atoms with Crippen molar-refractivity contribution < 1.29 is 0 Å². The highest BCUT2D eigenvalue weighted by Crippen LogP contribution is 2.40. The third kappa shape index (κ3) is 6.12. The lowest BCUT2D eigenvalue weighted by atomic mass is 9.98.